The number of ether oxygens (including phenoxy) is 3. The number of rotatable bonds is 7. The van der Waals surface area contributed by atoms with Gasteiger partial charge in [0.25, 0.3) is 0 Å². The first-order valence-electron chi connectivity index (χ1n) is 7.88. The highest BCUT2D eigenvalue weighted by atomic mass is 16.5. The third-order valence-corrected chi connectivity index (χ3v) is 3.49. The third kappa shape index (κ3) is 4.76. The van der Waals surface area contributed by atoms with Gasteiger partial charge in [-0.25, -0.2) is 4.79 Å². The zero-order valence-corrected chi connectivity index (χ0v) is 14.8. The molecule has 0 aliphatic rings. The number of hydrogen-bond acceptors (Lipinski definition) is 4. The molecule has 0 atom stereocenters. The van der Waals surface area contributed by atoms with Crippen molar-refractivity contribution in [3.8, 4) is 17.2 Å². The van der Waals surface area contributed by atoms with Gasteiger partial charge in [-0.2, -0.15) is 0 Å². The number of carbonyl (C=O) groups is 1. The quantitative estimate of drug-likeness (QED) is 0.606. The summed E-state index contributed by atoms with van der Waals surface area (Å²) in [6, 6.07) is 12.3. The molecule has 5 heteroatoms. The molecule has 2 rings (SSSR count). The van der Waals surface area contributed by atoms with Crippen LogP contribution < -0.4 is 14.2 Å². The summed E-state index contributed by atoms with van der Waals surface area (Å²) >= 11 is 0. The van der Waals surface area contributed by atoms with E-state index in [9.17, 15) is 9.90 Å². The highest BCUT2D eigenvalue weighted by molar-refractivity contribution is 6.21. The molecule has 0 unspecified atom stereocenters. The van der Waals surface area contributed by atoms with E-state index in [2.05, 4.69) is 0 Å². The fourth-order valence-electron chi connectivity index (χ4n) is 2.36. The van der Waals surface area contributed by atoms with Gasteiger partial charge in [0.15, 0.2) is 0 Å². The van der Waals surface area contributed by atoms with Crippen molar-refractivity contribution in [2.24, 2.45) is 0 Å². The number of hydrogen-bond donors (Lipinski definition) is 1. The molecule has 0 bridgehead atoms. The average Bonchev–Trinajstić information content (AvgIpc) is 2.60. The normalized spacial score (nSPS) is 11.3. The monoisotopic (exact) mass is 342 g/mol. The van der Waals surface area contributed by atoms with Gasteiger partial charge in [-0.1, -0.05) is 12.1 Å². The zero-order chi connectivity index (χ0) is 18.4. The Morgan fingerprint density at radius 1 is 1.00 bits per heavy atom. The molecule has 0 heterocycles. The van der Waals surface area contributed by atoms with E-state index >= 15 is 0 Å². The minimum Gasteiger partial charge on any atom is -0.497 e. The predicted molar refractivity (Wildman–Crippen MR) is 97.3 cm³/mol. The summed E-state index contributed by atoms with van der Waals surface area (Å²) in [5.74, 6) is 0.741. The molecule has 0 fully saturated rings. The van der Waals surface area contributed by atoms with Crippen LogP contribution in [-0.2, 0) is 4.79 Å². The van der Waals surface area contributed by atoms with Crippen LogP contribution in [0.5, 0.6) is 17.2 Å². The van der Waals surface area contributed by atoms with E-state index in [4.69, 9.17) is 14.2 Å². The third-order valence-electron chi connectivity index (χ3n) is 3.49. The van der Waals surface area contributed by atoms with Crippen LogP contribution in [0, 0.1) is 0 Å². The fraction of sp³-hybridized carbons (Fsp3) is 0.250. The molecule has 1 N–H and O–H groups in total. The molecule has 25 heavy (non-hydrogen) atoms. The number of benzene rings is 2. The van der Waals surface area contributed by atoms with E-state index in [1.165, 1.54) is 7.11 Å². The van der Waals surface area contributed by atoms with Gasteiger partial charge in [0.1, 0.15) is 17.2 Å². The Labute approximate surface area is 147 Å². The van der Waals surface area contributed by atoms with Crippen molar-refractivity contribution < 1.29 is 24.1 Å². The maximum Gasteiger partial charge on any atom is 0.336 e. The molecule has 132 valence electrons. The zero-order valence-electron chi connectivity index (χ0n) is 14.8. The highest BCUT2D eigenvalue weighted by Gasteiger charge is 2.16. The lowest BCUT2D eigenvalue weighted by Gasteiger charge is -2.12. The van der Waals surface area contributed by atoms with E-state index in [0.717, 1.165) is 11.3 Å². The van der Waals surface area contributed by atoms with Crippen LogP contribution in [0.3, 0.4) is 0 Å². The second-order valence-electron chi connectivity index (χ2n) is 5.67. The van der Waals surface area contributed by atoms with E-state index in [1.807, 2.05) is 38.1 Å². The molecule has 2 aromatic rings. The summed E-state index contributed by atoms with van der Waals surface area (Å²) in [6.45, 7) is 3.90. The van der Waals surface area contributed by atoms with Crippen molar-refractivity contribution in [1.82, 2.24) is 0 Å². The minimum atomic E-state index is -1.04. The van der Waals surface area contributed by atoms with Crippen LogP contribution in [0.2, 0.25) is 0 Å². The van der Waals surface area contributed by atoms with Crippen molar-refractivity contribution >= 4 is 17.6 Å². The Balaban J connectivity index is 2.41. The standard InChI is InChI=1S/C20H22O5/c1-13(2)25-15-7-5-14(6-8-15)11-18(20(21)22)17-10-9-16(23-3)12-19(17)24-4/h5-13H,1-4H3,(H,21,22)/b18-11-. The summed E-state index contributed by atoms with van der Waals surface area (Å²) < 4.78 is 16.1. The lowest BCUT2D eigenvalue weighted by Crippen LogP contribution is -2.05. The Hall–Kier alpha value is -2.95. The highest BCUT2D eigenvalue weighted by Crippen LogP contribution is 2.31. The van der Waals surface area contributed by atoms with Gasteiger partial charge in [-0.15, -0.1) is 0 Å². The van der Waals surface area contributed by atoms with Crippen LogP contribution in [0.25, 0.3) is 11.6 Å². The Bertz CT molecular complexity index is 760. The SMILES string of the molecule is COc1ccc(/C(=C/c2ccc(OC(C)C)cc2)C(=O)O)c(OC)c1. The van der Waals surface area contributed by atoms with Gasteiger partial charge < -0.3 is 19.3 Å². The van der Waals surface area contributed by atoms with Gasteiger partial charge >= 0.3 is 5.97 Å². The van der Waals surface area contributed by atoms with Crippen molar-refractivity contribution in [1.29, 1.82) is 0 Å². The number of methoxy groups -OCH3 is 2. The summed E-state index contributed by atoms with van der Waals surface area (Å²) in [4.78, 5) is 11.8. The van der Waals surface area contributed by atoms with Crippen LogP contribution in [0.15, 0.2) is 42.5 Å². The number of carboxylic acids is 1. The molecule has 0 amide bonds. The molecule has 0 aromatic heterocycles. The number of carboxylic acid groups (broad SMARTS) is 1. The lowest BCUT2D eigenvalue weighted by molar-refractivity contribution is -0.130. The molecule has 0 aliphatic carbocycles. The second-order valence-corrected chi connectivity index (χ2v) is 5.67. The summed E-state index contributed by atoms with van der Waals surface area (Å²) in [6.07, 6.45) is 1.69. The molecule has 0 aliphatic heterocycles. The Kier molecular flexibility index (Phi) is 6.06. The molecule has 2 aromatic carbocycles. The van der Waals surface area contributed by atoms with Crippen LogP contribution in [-0.4, -0.2) is 31.4 Å². The van der Waals surface area contributed by atoms with E-state index < -0.39 is 5.97 Å². The first-order valence-corrected chi connectivity index (χ1v) is 7.88. The van der Waals surface area contributed by atoms with E-state index in [1.54, 1.807) is 31.4 Å². The van der Waals surface area contributed by atoms with Crippen molar-refractivity contribution in [2.45, 2.75) is 20.0 Å². The summed E-state index contributed by atoms with van der Waals surface area (Å²) in [7, 11) is 3.04. The molecule has 0 saturated heterocycles. The van der Waals surface area contributed by atoms with Gasteiger partial charge in [-0.3, -0.25) is 0 Å². The molecule has 0 radical (unpaired) electrons. The van der Waals surface area contributed by atoms with Crippen molar-refractivity contribution in [3.63, 3.8) is 0 Å². The van der Waals surface area contributed by atoms with Gasteiger partial charge in [0.2, 0.25) is 0 Å². The smallest absolute Gasteiger partial charge is 0.336 e. The first kappa shape index (κ1) is 18.4. The van der Waals surface area contributed by atoms with Crippen LogP contribution >= 0.6 is 0 Å². The topological polar surface area (TPSA) is 65.0 Å². The molecular formula is C20H22O5. The van der Waals surface area contributed by atoms with Crippen molar-refractivity contribution in [2.75, 3.05) is 14.2 Å². The van der Waals surface area contributed by atoms with Gasteiger partial charge in [0.05, 0.1) is 25.9 Å². The van der Waals surface area contributed by atoms with Gasteiger partial charge in [-0.05, 0) is 49.8 Å². The van der Waals surface area contributed by atoms with Crippen LogP contribution in [0.1, 0.15) is 25.0 Å². The van der Waals surface area contributed by atoms with E-state index in [0.29, 0.717) is 17.1 Å². The molecule has 5 nitrogen and oxygen atoms in total. The molecule has 0 saturated carbocycles. The Morgan fingerprint density at radius 3 is 2.16 bits per heavy atom. The second kappa shape index (κ2) is 8.24. The van der Waals surface area contributed by atoms with Gasteiger partial charge in [0, 0.05) is 11.6 Å². The largest absolute Gasteiger partial charge is 0.497 e. The van der Waals surface area contributed by atoms with Crippen LogP contribution in [0.4, 0.5) is 0 Å². The fourth-order valence-corrected chi connectivity index (χ4v) is 2.36. The van der Waals surface area contributed by atoms with Crippen molar-refractivity contribution in [3.05, 3.63) is 53.6 Å². The molecule has 0 spiro atoms. The maximum absolute atomic E-state index is 11.8. The molecular weight excluding hydrogens is 320 g/mol. The number of aliphatic carboxylic acids is 1. The average molecular weight is 342 g/mol. The van der Waals surface area contributed by atoms with E-state index in [-0.39, 0.29) is 11.7 Å². The Morgan fingerprint density at radius 2 is 1.64 bits per heavy atom. The predicted octanol–water partition coefficient (Wildman–Crippen LogP) is 4.12. The first-order chi connectivity index (χ1) is 11.9. The minimum absolute atomic E-state index is 0.0829. The maximum atomic E-state index is 11.8. The lowest BCUT2D eigenvalue weighted by atomic mass is 10.0. The summed E-state index contributed by atoms with van der Waals surface area (Å²) in [5, 5.41) is 9.63. The summed E-state index contributed by atoms with van der Waals surface area (Å²) in [5.41, 5.74) is 1.38.